The quantitative estimate of drug-likeness (QED) is 0.111. The molecule has 0 aliphatic rings. The summed E-state index contributed by atoms with van der Waals surface area (Å²) in [6.45, 7) is 1.80. The number of hydrogen-bond donors (Lipinski definition) is 3. The van der Waals surface area contributed by atoms with Gasteiger partial charge in [-0.1, -0.05) is 82.8 Å². The molecule has 6 nitrogen and oxygen atoms in total. The van der Waals surface area contributed by atoms with E-state index in [-0.39, 0.29) is 26.0 Å². The number of thioether (sulfide) groups is 1. The van der Waals surface area contributed by atoms with Gasteiger partial charge in [-0.15, -0.1) is 11.8 Å². The minimum atomic E-state index is -1.48. The molecule has 0 radical (unpaired) electrons. The number of carbonyl (C=O) groups is 3. The SMILES string of the molecule is CC(Sc1ccc(NC(=O)c2c(Cl)c(Cl)c(Cl)c(Cl)c2C(=O)O)cc1)C(=O)Nc1cccc2ccccc12. The number of halogens is 4. The number of aromatic carboxylic acids is 1. The van der Waals surface area contributed by atoms with Crippen molar-refractivity contribution in [2.24, 2.45) is 0 Å². The second-order valence-electron chi connectivity index (χ2n) is 8.07. The number of fused-ring (bicyclic) bond motifs is 1. The molecule has 1 atom stereocenters. The average molecular weight is 608 g/mol. The lowest BCUT2D eigenvalue weighted by atomic mass is 10.1. The molecular weight excluding hydrogens is 590 g/mol. The summed E-state index contributed by atoms with van der Waals surface area (Å²) in [5.41, 5.74) is 0.139. The molecule has 0 fully saturated rings. The Morgan fingerprint density at radius 2 is 1.37 bits per heavy atom. The van der Waals surface area contributed by atoms with Gasteiger partial charge < -0.3 is 15.7 Å². The van der Waals surface area contributed by atoms with Crippen molar-refractivity contribution in [3.05, 3.63) is 97.9 Å². The molecule has 0 heterocycles. The Kier molecular flexibility index (Phi) is 8.75. The Labute approximate surface area is 242 Å². The number of carboxylic acids is 1. The van der Waals surface area contributed by atoms with Crippen molar-refractivity contribution < 1.29 is 19.5 Å². The van der Waals surface area contributed by atoms with Crippen molar-refractivity contribution in [2.75, 3.05) is 10.6 Å². The number of benzene rings is 4. The highest BCUT2D eigenvalue weighted by Crippen LogP contribution is 2.42. The second kappa shape index (κ2) is 11.8. The van der Waals surface area contributed by atoms with Crippen LogP contribution < -0.4 is 10.6 Å². The molecule has 11 heteroatoms. The van der Waals surface area contributed by atoms with E-state index in [1.54, 1.807) is 31.2 Å². The fourth-order valence-corrected chi connectivity index (χ4v) is 5.57. The molecule has 194 valence electrons. The molecule has 0 bridgehead atoms. The average Bonchev–Trinajstić information content (AvgIpc) is 2.90. The minimum absolute atomic E-state index is 0.156. The number of nitrogens with one attached hydrogen (secondary N) is 2. The highest BCUT2D eigenvalue weighted by Gasteiger charge is 2.29. The van der Waals surface area contributed by atoms with Crippen LogP contribution in [0.5, 0.6) is 0 Å². The predicted molar refractivity (Wildman–Crippen MR) is 156 cm³/mol. The summed E-state index contributed by atoms with van der Waals surface area (Å²) in [6, 6.07) is 20.2. The van der Waals surface area contributed by atoms with Crippen LogP contribution in [0.1, 0.15) is 27.6 Å². The van der Waals surface area contributed by atoms with Gasteiger partial charge in [0.2, 0.25) is 5.91 Å². The summed E-state index contributed by atoms with van der Waals surface area (Å²) < 4.78 is 0. The number of hydrogen-bond acceptors (Lipinski definition) is 4. The zero-order chi connectivity index (χ0) is 27.6. The van der Waals surface area contributed by atoms with Gasteiger partial charge in [0.05, 0.1) is 36.5 Å². The zero-order valence-electron chi connectivity index (χ0n) is 19.5. The van der Waals surface area contributed by atoms with Crippen LogP contribution in [0, 0.1) is 0 Å². The molecule has 0 aromatic heterocycles. The van der Waals surface area contributed by atoms with E-state index in [0.717, 1.165) is 21.4 Å². The first-order chi connectivity index (χ1) is 18.1. The summed E-state index contributed by atoms with van der Waals surface area (Å²) in [4.78, 5) is 38.3. The molecule has 3 N–H and O–H groups in total. The van der Waals surface area contributed by atoms with Crippen molar-refractivity contribution in [1.29, 1.82) is 0 Å². The second-order valence-corrected chi connectivity index (χ2v) is 11.0. The Morgan fingerprint density at radius 1 is 0.763 bits per heavy atom. The summed E-state index contributed by atoms with van der Waals surface area (Å²) >= 11 is 25.5. The van der Waals surface area contributed by atoms with Crippen LogP contribution in [0.2, 0.25) is 20.1 Å². The first-order valence-corrected chi connectivity index (χ1v) is 13.4. The Hall–Kier alpha value is -2.94. The van der Waals surface area contributed by atoms with Crippen molar-refractivity contribution >= 4 is 98.1 Å². The van der Waals surface area contributed by atoms with E-state index in [4.69, 9.17) is 46.4 Å². The summed E-state index contributed by atoms with van der Waals surface area (Å²) in [5, 5.41) is 15.5. The molecule has 0 spiro atoms. The van der Waals surface area contributed by atoms with E-state index in [9.17, 15) is 19.5 Å². The van der Waals surface area contributed by atoms with Gasteiger partial charge in [-0.05, 0) is 42.6 Å². The van der Waals surface area contributed by atoms with Crippen LogP contribution in [0.3, 0.4) is 0 Å². The molecular formula is C27H18Cl4N2O4S. The van der Waals surface area contributed by atoms with Crippen molar-refractivity contribution in [1.82, 2.24) is 0 Å². The van der Waals surface area contributed by atoms with Crippen molar-refractivity contribution in [2.45, 2.75) is 17.1 Å². The lowest BCUT2D eigenvalue weighted by Crippen LogP contribution is -2.22. The number of carbonyl (C=O) groups excluding carboxylic acids is 2. The van der Waals surface area contributed by atoms with Crippen LogP contribution in [0.15, 0.2) is 71.6 Å². The first-order valence-electron chi connectivity index (χ1n) is 11.0. The van der Waals surface area contributed by atoms with E-state index in [1.807, 2.05) is 42.5 Å². The molecule has 0 aliphatic carbocycles. The van der Waals surface area contributed by atoms with Gasteiger partial charge in [-0.3, -0.25) is 9.59 Å². The Balaban J connectivity index is 1.46. The van der Waals surface area contributed by atoms with Gasteiger partial charge in [0.15, 0.2) is 0 Å². The van der Waals surface area contributed by atoms with Gasteiger partial charge in [0.1, 0.15) is 0 Å². The van der Waals surface area contributed by atoms with Gasteiger partial charge in [0.25, 0.3) is 5.91 Å². The van der Waals surface area contributed by atoms with Crippen LogP contribution in [-0.4, -0.2) is 28.1 Å². The maximum atomic E-state index is 12.9. The lowest BCUT2D eigenvalue weighted by molar-refractivity contribution is -0.115. The molecule has 0 saturated carbocycles. The van der Waals surface area contributed by atoms with Gasteiger partial charge >= 0.3 is 5.97 Å². The van der Waals surface area contributed by atoms with E-state index in [1.165, 1.54) is 11.8 Å². The van der Waals surface area contributed by atoms with E-state index in [0.29, 0.717) is 5.69 Å². The largest absolute Gasteiger partial charge is 0.478 e. The van der Waals surface area contributed by atoms with Crippen LogP contribution in [-0.2, 0) is 4.79 Å². The van der Waals surface area contributed by atoms with Gasteiger partial charge in [-0.2, -0.15) is 0 Å². The van der Waals surface area contributed by atoms with E-state index in [2.05, 4.69) is 10.6 Å². The lowest BCUT2D eigenvalue weighted by Gasteiger charge is -2.15. The fraction of sp³-hybridized carbons (Fsp3) is 0.0741. The van der Waals surface area contributed by atoms with Crippen LogP contribution in [0.4, 0.5) is 11.4 Å². The standard InChI is InChI=1S/C27H18Cl4N2O4S/c1-13(25(34)33-18-8-4-6-14-5-2-3-7-17(14)18)38-16-11-9-15(10-12-16)32-26(35)19-20(27(36)37)22(29)24(31)23(30)21(19)28/h2-13H,1H3,(H,32,35)(H,33,34)(H,36,37). The zero-order valence-corrected chi connectivity index (χ0v) is 23.4. The van der Waals surface area contributed by atoms with Crippen molar-refractivity contribution in [3.63, 3.8) is 0 Å². The highest BCUT2D eigenvalue weighted by molar-refractivity contribution is 8.00. The third kappa shape index (κ3) is 5.87. The maximum absolute atomic E-state index is 12.9. The molecule has 38 heavy (non-hydrogen) atoms. The smallest absolute Gasteiger partial charge is 0.338 e. The normalized spacial score (nSPS) is 11.7. The molecule has 0 aliphatic heterocycles. The molecule has 1 unspecified atom stereocenters. The predicted octanol–water partition coefficient (Wildman–Crippen LogP) is 8.52. The summed E-state index contributed by atoms with van der Waals surface area (Å²) in [5.74, 6) is -2.46. The number of amides is 2. The fourth-order valence-electron chi connectivity index (χ4n) is 3.68. The molecule has 4 aromatic carbocycles. The molecule has 4 rings (SSSR count). The van der Waals surface area contributed by atoms with Gasteiger partial charge in [0, 0.05) is 21.7 Å². The topological polar surface area (TPSA) is 95.5 Å². The monoisotopic (exact) mass is 606 g/mol. The van der Waals surface area contributed by atoms with E-state index >= 15 is 0 Å². The highest BCUT2D eigenvalue weighted by atomic mass is 35.5. The van der Waals surface area contributed by atoms with Crippen molar-refractivity contribution in [3.8, 4) is 0 Å². The third-order valence-electron chi connectivity index (χ3n) is 5.55. The van der Waals surface area contributed by atoms with Crippen LogP contribution in [0.25, 0.3) is 10.8 Å². The maximum Gasteiger partial charge on any atom is 0.338 e. The summed E-state index contributed by atoms with van der Waals surface area (Å²) in [7, 11) is 0. The Bertz CT molecular complexity index is 1570. The molecule has 4 aromatic rings. The number of carboxylic acid groups (broad SMARTS) is 1. The van der Waals surface area contributed by atoms with Crippen LogP contribution >= 0.6 is 58.2 Å². The van der Waals surface area contributed by atoms with Gasteiger partial charge in [-0.25, -0.2) is 4.79 Å². The minimum Gasteiger partial charge on any atom is -0.478 e. The summed E-state index contributed by atoms with van der Waals surface area (Å²) in [6.07, 6.45) is 0. The Morgan fingerprint density at radius 3 is 2.03 bits per heavy atom. The number of anilines is 2. The molecule has 2 amide bonds. The first kappa shape index (κ1) is 28.1. The molecule has 0 saturated heterocycles. The number of rotatable bonds is 7. The third-order valence-corrected chi connectivity index (χ3v) is 8.46. The van der Waals surface area contributed by atoms with E-state index < -0.39 is 28.3 Å².